The lowest BCUT2D eigenvalue weighted by Gasteiger charge is -2.02. The first-order valence-corrected chi connectivity index (χ1v) is 7.80. The zero-order chi connectivity index (χ0) is 16.9. The van der Waals surface area contributed by atoms with Crippen LogP contribution in [0.3, 0.4) is 0 Å². The molecule has 118 valence electrons. The number of rotatable bonds is 5. The molecule has 0 fully saturated rings. The first-order valence-electron chi connectivity index (χ1n) is 7.42. The van der Waals surface area contributed by atoms with Gasteiger partial charge in [0.1, 0.15) is 0 Å². The summed E-state index contributed by atoms with van der Waals surface area (Å²) < 4.78 is 1.92. The fourth-order valence-electron chi connectivity index (χ4n) is 2.46. The van der Waals surface area contributed by atoms with Crippen LogP contribution in [0.5, 0.6) is 0 Å². The van der Waals surface area contributed by atoms with Crippen LogP contribution in [0.15, 0.2) is 61.1 Å². The minimum Gasteiger partial charge on any atom is -0.333 e. The van der Waals surface area contributed by atoms with Gasteiger partial charge >= 0.3 is 0 Å². The van der Waals surface area contributed by atoms with E-state index in [1.54, 1.807) is 30.6 Å². The minimum atomic E-state index is -0.0555. The maximum atomic E-state index is 12.3. The molecule has 1 heterocycles. The summed E-state index contributed by atoms with van der Waals surface area (Å²) >= 11 is 5.99. The Labute approximate surface area is 145 Å². The van der Waals surface area contributed by atoms with Crippen LogP contribution in [0.25, 0.3) is 0 Å². The highest BCUT2D eigenvalue weighted by Crippen LogP contribution is 2.13. The van der Waals surface area contributed by atoms with Crippen molar-refractivity contribution in [1.29, 1.82) is 5.26 Å². The predicted molar refractivity (Wildman–Crippen MR) is 92.0 cm³/mol. The number of halogens is 1. The Morgan fingerprint density at radius 3 is 2.83 bits per heavy atom. The fourth-order valence-corrected chi connectivity index (χ4v) is 2.67. The maximum absolute atomic E-state index is 12.3. The van der Waals surface area contributed by atoms with Gasteiger partial charge in [0.15, 0.2) is 5.78 Å². The van der Waals surface area contributed by atoms with Crippen molar-refractivity contribution in [2.45, 2.75) is 13.0 Å². The van der Waals surface area contributed by atoms with Gasteiger partial charge < -0.3 is 4.57 Å². The Hall–Kier alpha value is -2.90. The third-order valence-corrected chi connectivity index (χ3v) is 3.83. The number of carbonyl (C=O) groups is 1. The van der Waals surface area contributed by atoms with Gasteiger partial charge in [-0.15, -0.1) is 0 Å². The Morgan fingerprint density at radius 1 is 1.21 bits per heavy atom. The fraction of sp³-hybridized carbons (Fsp3) is 0.105. The van der Waals surface area contributed by atoms with Gasteiger partial charge in [-0.1, -0.05) is 35.9 Å². The molecule has 0 aliphatic carbocycles. The zero-order valence-electron chi connectivity index (χ0n) is 12.8. The average Bonchev–Trinajstić information content (AvgIpc) is 3.01. The number of ketones is 1. The Bertz CT molecular complexity index is 924. The van der Waals surface area contributed by atoms with E-state index in [1.165, 1.54) is 0 Å². The van der Waals surface area contributed by atoms with E-state index in [0.717, 1.165) is 5.56 Å². The molecule has 0 aliphatic rings. The van der Waals surface area contributed by atoms with Crippen LogP contribution in [-0.4, -0.2) is 15.3 Å². The monoisotopic (exact) mass is 335 g/mol. The van der Waals surface area contributed by atoms with Gasteiger partial charge in [0.2, 0.25) is 0 Å². The number of nitrogens with zero attached hydrogens (tertiary/aromatic N) is 3. The predicted octanol–water partition coefficient (Wildman–Crippen LogP) is 3.88. The van der Waals surface area contributed by atoms with Crippen LogP contribution in [0, 0.1) is 11.3 Å². The van der Waals surface area contributed by atoms with Crippen molar-refractivity contribution in [1.82, 2.24) is 9.55 Å². The van der Waals surface area contributed by atoms with Crippen molar-refractivity contribution < 1.29 is 4.79 Å². The van der Waals surface area contributed by atoms with Gasteiger partial charge in [-0.3, -0.25) is 4.79 Å². The topological polar surface area (TPSA) is 58.7 Å². The summed E-state index contributed by atoms with van der Waals surface area (Å²) in [6.45, 7) is 0.645. The molecule has 5 heteroatoms. The van der Waals surface area contributed by atoms with E-state index in [0.29, 0.717) is 28.4 Å². The lowest BCUT2D eigenvalue weighted by molar-refractivity contribution is 0.0992. The van der Waals surface area contributed by atoms with Gasteiger partial charge in [-0.05, 0) is 29.8 Å². The van der Waals surface area contributed by atoms with Gasteiger partial charge in [0, 0.05) is 23.3 Å². The summed E-state index contributed by atoms with van der Waals surface area (Å²) in [6, 6.07) is 16.4. The molecule has 0 saturated heterocycles. The second-order valence-corrected chi connectivity index (χ2v) is 5.90. The van der Waals surface area contributed by atoms with E-state index in [-0.39, 0.29) is 12.2 Å². The third-order valence-electron chi connectivity index (χ3n) is 3.60. The number of nitriles is 1. The molecular weight excluding hydrogens is 322 g/mol. The van der Waals surface area contributed by atoms with Gasteiger partial charge in [0.05, 0.1) is 30.1 Å². The number of carbonyl (C=O) groups excluding carboxylic acids is 1. The molecule has 0 saturated carbocycles. The lowest BCUT2D eigenvalue weighted by Crippen LogP contribution is -2.04. The van der Waals surface area contributed by atoms with Crippen molar-refractivity contribution in [2.24, 2.45) is 0 Å². The van der Waals surface area contributed by atoms with Crippen LogP contribution in [0.4, 0.5) is 0 Å². The number of hydrogen-bond donors (Lipinski definition) is 0. The number of Topliss-reactive ketones (excluding diaryl/α,β-unsaturated/α-hetero) is 1. The molecule has 3 rings (SSSR count). The van der Waals surface area contributed by atoms with Crippen LogP contribution in [0.1, 0.15) is 27.2 Å². The Morgan fingerprint density at radius 2 is 2.04 bits per heavy atom. The van der Waals surface area contributed by atoms with Crippen LogP contribution in [-0.2, 0) is 13.0 Å². The first-order chi connectivity index (χ1) is 11.6. The summed E-state index contributed by atoms with van der Waals surface area (Å²) in [5, 5.41) is 9.60. The van der Waals surface area contributed by atoms with Crippen LogP contribution in [0.2, 0.25) is 5.02 Å². The van der Waals surface area contributed by atoms with Crippen molar-refractivity contribution >= 4 is 17.4 Å². The normalized spacial score (nSPS) is 10.3. The summed E-state index contributed by atoms with van der Waals surface area (Å²) in [5.74, 6) is -0.0555. The van der Waals surface area contributed by atoms with Crippen molar-refractivity contribution in [3.63, 3.8) is 0 Å². The standard InChI is InChI=1S/C19H14ClN3O/c20-17-6-2-4-15(8-17)11-23-12-18(22-13-23)9-19(24)16-5-1-3-14(7-16)10-21/h1-8,12-13H,9,11H2. The molecule has 0 bridgehead atoms. The molecule has 0 N–H and O–H groups in total. The van der Waals surface area contributed by atoms with Crippen molar-refractivity contribution in [3.05, 3.63) is 88.5 Å². The molecule has 0 radical (unpaired) electrons. The van der Waals surface area contributed by atoms with Crippen molar-refractivity contribution in [3.8, 4) is 6.07 Å². The molecule has 0 spiro atoms. The molecule has 0 amide bonds. The third kappa shape index (κ3) is 3.89. The molecular formula is C19H14ClN3O. The molecule has 24 heavy (non-hydrogen) atoms. The molecule has 4 nitrogen and oxygen atoms in total. The van der Waals surface area contributed by atoms with E-state index < -0.39 is 0 Å². The van der Waals surface area contributed by atoms with E-state index in [4.69, 9.17) is 16.9 Å². The van der Waals surface area contributed by atoms with E-state index in [2.05, 4.69) is 4.98 Å². The Kier molecular flexibility index (Phi) is 4.74. The average molecular weight is 336 g/mol. The quantitative estimate of drug-likeness (QED) is 0.665. The largest absolute Gasteiger partial charge is 0.333 e. The highest BCUT2D eigenvalue weighted by Gasteiger charge is 2.10. The minimum absolute atomic E-state index is 0.0555. The van der Waals surface area contributed by atoms with Crippen LogP contribution < -0.4 is 0 Å². The second-order valence-electron chi connectivity index (χ2n) is 5.46. The smallest absolute Gasteiger partial charge is 0.168 e. The molecule has 2 aromatic carbocycles. The summed E-state index contributed by atoms with van der Waals surface area (Å²) in [5.41, 5.74) is 2.77. The van der Waals surface area contributed by atoms with E-state index in [9.17, 15) is 4.79 Å². The Balaban J connectivity index is 1.69. The van der Waals surface area contributed by atoms with E-state index >= 15 is 0 Å². The molecule has 0 atom stereocenters. The molecule has 0 unspecified atom stereocenters. The van der Waals surface area contributed by atoms with Gasteiger partial charge in [-0.2, -0.15) is 5.26 Å². The zero-order valence-corrected chi connectivity index (χ0v) is 13.6. The second kappa shape index (κ2) is 7.12. The summed E-state index contributed by atoms with van der Waals surface area (Å²) in [7, 11) is 0. The first kappa shape index (κ1) is 16.0. The molecule has 3 aromatic rings. The summed E-state index contributed by atoms with van der Waals surface area (Å²) in [4.78, 5) is 16.6. The maximum Gasteiger partial charge on any atom is 0.168 e. The van der Waals surface area contributed by atoms with Crippen molar-refractivity contribution in [2.75, 3.05) is 0 Å². The number of benzene rings is 2. The summed E-state index contributed by atoms with van der Waals surface area (Å²) in [6.07, 6.45) is 3.76. The number of imidazole rings is 1. The highest BCUT2D eigenvalue weighted by atomic mass is 35.5. The molecule has 1 aromatic heterocycles. The lowest BCUT2D eigenvalue weighted by atomic mass is 10.0. The van der Waals surface area contributed by atoms with Gasteiger partial charge in [-0.25, -0.2) is 4.98 Å². The number of aromatic nitrogens is 2. The van der Waals surface area contributed by atoms with E-state index in [1.807, 2.05) is 41.1 Å². The number of hydrogen-bond acceptors (Lipinski definition) is 3. The SMILES string of the molecule is N#Cc1cccc(C(=O)Cc2cn(Cc3cccc(Cl)c3)cn2)c1. The van der Waals surface area contributed by atoms with Crippen LogP contribution >= 0.6 is 11.6 Å². The van der Waals surface area contributed by atoms with Gasteiger partial charge in [0.25, 0.3) is 0 Å². The molecule has 0 aliphatic heterocycles. The highest BCUT2D eigenvalue weighted by molar-refractivity contribution is 6.30.